The largest absolute Gasteiger partial charge is 0.487 e. The number of hydrogen-bond acceptors (Lipinski definition) is 6. The minimum atomic E-state index is -0.242. The number of hydrogen-bond donors (Lipinski definition) is 1. The van der Waals surface area contributed by atoms with Crippen molar-refractivity contribution in [2.45, 2.75) is 30.9 Å². The summed E-state index contributed by atoms with van der Waals surface area (Å²) in [5.74, 6) is 0.721. The fraction of sp³-hybridized carbons (Fsp3) is 0.364. The lowest BCUT2D eigenvalue weighted by Gasteiger charge is -2.46. The highest BCUT2D eigenvalue weighted by Gasteiger charge is 2.43. The molecule has 0 aliphatic carbocycles. The molecule has 1 fully saturated rings. The van der Waals surface area contributed by atoms with Crippen LogP contribution in [0.25, 0.3) is 5.69 Å². The van der Waals surface area contributed by atoms with Crippen molar-refractivity contribution in [3.63, 3.8) is 0 Å². The number of piperidine rings is 1. The number of para-hydroxylation sites is 2. The fourth-order valence-corrected chi connectivity index (χ4v) is 4.45. The van der Waals surface area contributed by atoms with Gasteiger partial charge in [0.2, 0.25) is 0 Å². The van der Waals surface area contributed by atoms with Gasteiger partial charge in [0.05, 0.1) is 17.3 Å². The molecule has 1 spiro atoms. The highest BCUT2D eigenvalue weighted by atomic mass is 16.5. The van der Waals surface area contributed by atoms with Gasteiger partial charge in [-0.25, -0.2) is 0 Å². The van der Waals surface area contributed by atoms with E-state index in [0.29, 0.717) is 11.3 Å². The molecular weight excluding hydrogens is 380 g/mol. The number of tetrazole rings is 1. The number of nitrogens with zero attached hydrogens (tertiary/aromatic N) is 5. The second-order valence-electron chi connectivity index (χ2n) is 8.13. The third-order valence-electron chi connectivity index (χ3n) is 6.15. The number of ether oxygens (including phenoxy) is 1. The SMILES string of the molecule is CN1CCC2(CC1)C[C@H](NC(=O)c1ccccc1-n1cnnn1)c1ccccc1O2. The van der Waals surface area contributed by atoms with Gasteiger partial charge < -0.3 is 15.0 Å². The summed E-state index contributed by atoms with van der Waals surface area (Å²) in [5, 5.41) is 14.6. The monoisotopic (exact) mass is 404 g/mol. The highest BCUT2D eigenvalue weighted by molar-refractivity contribution is 5.98. The Kier molecular flexibility index (Phi) is 4.71. The Labute approximate surface area is 174 Å². The van der Waals surface area contributed by atoms with Crippen molar-refractivity contribution in [3.05, 3.63) is 66.0 Å². The van der Waals surface area contributed by atoms with Gasteiger partial charge in [-0.2, -0.15) is 4.68 Å². The summed E-state index contributed by atoms with van der Waals surface area (Å²) in [5.41, 5.74) is 1.96. The summed E-state index contributed by atoms with van der Waals surface area (Å²) in [6.45, 7) is 1.98. The van der Waals surface area contributed by atoms with Gasteiger partial charge in [-0.1, -0.05) is 30.3 Å². The number of amides is 1. The van der Waals surface area contributed by atoms with Crippen LogP contribution in [0.5, 0.6) is 5.75 Å². The predicted molar refractivity (Wildman–Crippen MR) is 111 cm³/mol. The summed E-state index contributed by atoms with van der Waals surface area (Å²) in [6.07, 6.45) is 4.15. The van der Waals surface area contributed by atoms with Crippen LogP contribution in [0, 0.1) is 0 Å². The normalized spacial score (nSPS) is 20.4. The van der Waals surface area contributed by atoms with Crippen molar-refractivity contribution in [2.24, 2.45) is 0 Å². The zero-order valence-electron chi connectivity index (χ0n) is 16.9. The van der Waals surface area contributed by atoms with Crippen LogP contribution in [-0.4, -0.2) is 56.8 Å². The number of carbonyl (C=O) groups is 1. The molecule has 2 aliphatic rings. The molecule has 2 aliphatic heterocycles. The van der Waals surface area contributed by atoms with Crippen LogP contribution in [0.1, 0.15) is 41.2 Å². The second kappa shape index (κ2) is 7.53. The smallest absolute Gasteiger partial charge is 0.253 e. The summed E-state index contributed by atoms with van der Waals surface area (Å²) < 4.78 is 8.01. The minimum Gasteiger partial charge on any atom is -0.487 e. The fourth-order valence-electron chi connectivity index (χ4n) is 4.45. The Morgan fingerprint density at radius 1 is 1.13 bits per heavy atom. The van der Waals surface area contributed by atoms with Gasteiger partial charge in [0.25, 0.3) is 5.91 Å². The first-order valence-electron chi connectivity index (χ1n) is 10.2. The Balaban J connectivity index is 1.45. The molecule has 3 aromatic rings. The molecule has 30 heavy (non-hydrogen) atoms. The van der Waals surface area contributed by atoms with Crippen LogP contribution in [0.3, 0.4) is 0 Å². The van der Waals surface area contributed by atoms with Gasteiger partial charge in [0.1, 0.15) is 17.7 Å². The van der Waals surface area contributed by atoms with Crippen molar-refractivity contribution in [2.75, 3.05) is 20.1 Å². The lowest BCUT2D eigenvalue weighted by molar-refractivity contribution is -0.0195. The lowest BCUT2D eigenvalue weighted by atomic mass is 9.80. The number of carbonyl (C=O) groups excluding carboxylic acids is 1. The van der Waals surface area contributed by atoms with Gasteiger partial charge in [-0.15, -0.1) is 5.10 Å². The highest BCUT2D eigenvalue weighted by Crippen LogP contribution is 2.44. The third kappa shape index (κ3) is 3.43. The number of aromatic nitrogens is 4. The molecule has 3 heterocycles. The first kappa shape index (κ1) is 18.7. The van der Waals surface area contributed by atoms with Crippen molar-refractivity contribution in [1.29, 1.82) is 0 Å². The van der Waals surface area contributed by atoms with Crippen LogP contribution < -0.4 is 10.1 Å². The Hall–Kier alpha value is -3.26. The van der Waals surface area contributed by atoms with E-state index in [1.807, 2.05) is 42.5 Å². The molecule has 5 rings (SSSR count). The van der Waals surface area contributed by atoms with Crippen LogP contribution in [0.4, 0.5) is 0 Å². The maximum absolute atomic E-state index is 13.3. The third-order valence-corrected chi connectivity index (χ3v) is 6.15. The lowest BCUT2D eigenvalue weighted by Crippen LogP contribution is -2.51. The van der Waals surface area contributed by atoms with E-state index in [0.717, 1.165) is 43.7 Å². The Bertz CT molecular complexity index is 1040. The van der Waals surface area contributed by atoms with Gasteiger partial charge >= 0.3 is 0 Å². The number of nitrogens with one attached hydrogen (secondary N) is 1. The van der Waals surface area contributed by atoms with E-state index < -0.39 is 0 Å². The van der Waals surface area contributed by atoms with Crippen molar-refractivity contribution < 1.29 is 9.53 Å². The molecule has 8 nitrogen and oxygen atoms in total. The molecule has 0 bridgehead atoms. The molecule has 1 N–H and O–H groups in total. The summed E-state index contributed by atoms with van der Waals surface area (Å²) in [7, 11) is 2.14. The van der Waals surface area contributed by atoms with E-state index in [1.54, 1.807) is 6.07 Å². The summed E-state index contributed by atoms with van der Waals surface area (Å²) >= 11 is 0. The molecule has 1 saturated heterocycles. The standard InChI is InChI=1S/C22H24N6O2/c1-27-12-10-22(11-13-27)14-18(16-6-3-5-9-20(16)30-22)24-21(29)17-7-2-4-8-19(17)28-15-23-25-26-28/h2-9,15,18H,10-14H2,1H3,(H,24,29)/t18-/m0/s1. The number of rotatable bonds is 3. The molecule has 1 amide bonds. The van der Waals surface area contributed by atoms with Crippen LogP contribution in [0.2, 0.25) is 0 Å². The minimum absolute atomic E-state index is 0.118. The average Bonchev–Trinajstić information content (AvgIpc) is 3.31. The van der Waals surface area contributed by atoms with Gasteiger partial charge in [0, 0.05) is 25.1 Å². The van der Waals surface area contributed by atoms with Crippen LogP contribution >= 0.6 is 0 Å². The van der Waals surface area contributed by atoms with Crippen molar-refractivity contribution in [3.8, 4) is 11.4 Å². The first-order valence-corrected chi connectivity index (χ1v) is 10.2. The molecule has 1 aromatic heterocycles. The van der Waals surface area contributed by atoms with Crippen LogP contribution in [-0.2, 0) is 0 Å². The van der Waals surface area contributed by atoms with E-state index >= 15 is 0 Å². The topological polar surface area (TPSA) is 85.2 Å². The molecule has 0 saturated carbocycles. The van der Waals surface area contributed by atoms with Gasteiger partial charge in [-0.3, -0.25) is 4.79 Å². The number of fused-ring (bicyclic) bond motifs is 1. The molecule has 2 aromatic carbocycles. The zero-order chi connectivity index (χ0) is 20.6. The molecular formula is C22H24N6O2. The quantitative estimate of drug-likeness (QED) is 0.722. The molecule has 0 unspecified atom stereocenters. The average molecular weight is 404 g/mol. The second-order valence-corrected chi connectivity index (χ2v) is 8.13. The molecule has 1 atom stereocenters. The van der Waals surface area contributed by atoms with Crippen molar-refractivity contribution >= 4 is 5.91 Å². The van der Waals surface area contributed by atoms with E-state index in [-0.39, 0.29) is 17.6 Å². The maximum atomic E-state index is 13.3. The van der Waals surface area contributed by atoms with Crippen LogP contribution in [0.15, 0.2) is 54.9 Å². The Morgan fingerprint density at radius 3 is 2.70 bits per heavy atom. The summed E-state index contributed by atoms with van der Waals surface area (Å²) in [4.78, 5) is 15.6. The first-order chi connectivity index (χ1) is 14.6. The predicted octanol–water partition coefficient (Wildman–Crippen LogP) is 2.38. The van der Waals surface area contributed by atoms with E-state index in [2.05, 4.69) is 32.8 Å². The van der Waals surface area contributed by atoms with Gasteiger partial charge in [-0.05, 0) is 48.5 Å². The summed E-state index contributed by atoms with van der Waals surface area (Å²) in [6, 6.07) is 15.2. The van der Waals surface area contributed by atoms with E-state index in [4.69, 9.17) is 4.74 Å². The molecule has 154 valence electrons. The number of benzene rings is 2. The molecule has 0 radical (unpaired) electrons. The van der Waals surface area contributed by atoms with Gasteiger partial charge in [0.15, 0.2) is 0 Å². The maximum Gasteiger partial charge on any atom is 0.253 e. The zero-order valence-corrected chi connectivity index (χ0v) is 16.9. The Morgan fingerprint density at radius 2 is 1.90 bits per heavy atom. The van der Waals surface area contributed by atoms with E-state index in [1.165, 1.54) is 11.0 Å². The van der Waals surface area contributed by atoms with E-state index in [9.17, 15) is 4.79 Å². The molecule has 8 heteroatoms. The van der Waals surface area contributed by atoms with Crippen molar-refractivity contribution in [1.82, 2.24) is 30.4 Å². The number of likely N-dealkylation sites (tertiary alicyclic amines) is 1.